The van der Waals surface area contributed by atoms with Crippen molar-refractivity contribution in [3.63, 3.8) is 0 Å². The molecule has 29 heavy (non-hydrogen) atoms. The quantitative estimate of drug-likeness (QED) is 0.383. The topological polar surface area (TPSA) is 35.5 Å². The van der Waals surface area contributed by atoms with Gasteiger partial charge in [0.05, 0.1) is 5.56 Å². The Labute approximate surface area is 170 Å². The number of rotatable bonds is 5. The van der Waals surface area contributed by atoms with Crippen LogP contribution < -0.4 is 9.47 Å². The summed E-state index contributed by atoms with van der Waals surface area (Å²) in [6, 6.07) is 23.6. The lowest BCUT2D eigenvalue weighted by molar-refractivity contribution is 0.101. The summed E-state index contributed by atoms with van der Waals surface area (Å²) < 4.78 is 11.5. The van der Waals surface area contributed by atoms with Crippen molar-refractivity contribution < 1.29 is 14.3 Å². The van der Waals surface area contributed by atoms with E-state index in [2.05, 4.69) is 12.1 Å². The van der Waals surface area contributed by atoms with Gasteiger partial charge in [-0.2, -0.15) is 0 Å². The van der Waals surface area contributed by atoms with Crippen LogP contribution in [0.4, 0.5) is 0 Å². The number of hydrogen-bond donors (Lipinski definition) is 0. The molecular formula is C26H22O3. The van der Waals surface area contributed by atoms with Crippen LogP contribution in [0.1, 0.15) is 29.8 Å². The molecule has 0 saturated heterocycles. The zero-order valence-electron chi connectivity index (χ0n) is 16.5. The van der Waals surface area contributed by atoms with Gasteiger partial charge in [0.15, 0.2) is 5.76 Å². The molecule has 3 nitrogen and oxygen atoms in total. The minimum Gasteiger partial charge on any atom is -0.489 e. The molecule has 1 aliphatic rings. The van der Waals surface area contributed by atoms with E-state index in [1.54, 1.807) is 24.3 Å². The highest BCUT2D eigenvalue weighted by Crippen LogP contribution is 2.35. The molecule has 0 aliphatic carbocycles. The maximum atomic E-state index is 12.7. The molecule has 3 aromatic rings. The zero-order valence-corrected chi connectivity index (χ0v) is 16.5. The van der Waals surface area contributed by atoms with Crippen molar-refractivity contribution in [1.29, 1.82) is 0 Å². The Bertz CT molecular complexity index is 1090. The van der Waals surface area contributed by atoms with Crippen LogP contribution in [-0.4, -0.2) is 12.4 Å². The summed E-state index contributed by atoms with van der Waals surface area (Å²) in [4.78, 5) is 12.7. The highest BCUT2D eigenvalue weighted by atomic mass is 16.5. The maximum Gasteiger partial charge on any atom is 0.231 e. The van der Waals surface area contributed by atoms with Gasteiger partial charge >= 0.3 is 0 Å². The van der Waals surface area contributed by atoms with Crippen molar-refractivity contribution in [1.82, 2.24) is 0 Å². The molecule has 1 heterocycles. The van der Waals surface area contributed by atoms with Crippen LogP contribution in [0.3, 0.4) is 0 Å². The van der Waals surface area contributed by atoms with Crippen molar-refractivity contribution in [3.05, 3.63) is 101 Å². The minimum absolute atomic E-state index is 0.108. The van der Waals surface area contributed by atoms with Gasteiger partial charge in [-0.3, -0.25) is 4.79 Å². The van der Waals surface area contributed by atoms with E-state index in [1.807, 2.05) is 62.4 Å². The molecule has 0 radical (unpaired) electrons. The fraction of sp³-hybridized carbons (Fsp3) is 0.115. The average molecular weight is 382 g/mol. The van der Waals surface area contributed by atoms with E-state index in [1.165, 1.54) is 5.57 Å². The van der Waals surface area contributed by atoms with E-state index in [9.17, 15) is 4.79 Å². The number of ketones is 1. The van der Waals surface area contributed by atoms with Gasteiger partial charge < -0.3 is 9.47 Å². The molecule has 3 aromatic carbocycles. The second-order valence-corrected chi connectivity index (χ2v) is 7.18. The molecule has 0 atom stereocenters. The normalized spacial score (nSPS) is 13.7. The Morgan fingerprint density at radius 2 is 1.66 bits per heavy atom. The second kappa shape index (κ2) is 8.19. The number of Topliss-reactive ketones (excluding diaryl/α,β-unsaturated/α-hetero) is 1. The first kappa shape index (κ1) is 18.8. The Hall–Kier alpha value is -3.59. The smallest absolute Gasteiger partial charge is 0.231 e. The second-order valence-electron chi connectivity index (χ2n) is 7.18. The van der Waals surface area contributed by atoms with Crippen LogP contribution in [0.5, 0.6) is 11.5 Å². The zero-order chi connectivity index (χ0) is 20.2. The molecule has 0 fully saturated rings. The van der Waals surface area contributed by atoms with Crippen molar-refractivity contribution in [3.8, 4) is 22.6 Å². The third kappa shape index (κ3) is 4.30. The van der Waals surface area contributed by atoms with Crippen molar-refractivity contribution >= 4 is 11.9 Å². The molecule has 0 spiro atoms. The fourth-order valence-electron chi connectivity index (χ4n) is 3.12. The number of hydrogen-bond acceptors (Lipinski definition) is 3. The first-order valence-corrected chi connectivity index (χ1v) is 9.60. The fourth-order valence-corrected chi connectivity index (χ4v) is 3.12. The third-order valence-electron chi connectivity index (χ3n) is 4.70. The molecule has 4 rings (SSSR count). The van der Waals surface area contributed by atoms with Crippen LogP contribution in [0.15, 0.2) is 90.2 Å². The van der Waals surface area contributed by atoms with Crippen LogP contribution >= 0.6 is 0 Å². The molecule has 0 N–H and O–H groups in total. The van der Waals surface area contributed by atoms with E-state index in [-0.39, 0.29) is 5.78 Å². The van der Waals surface area contributed by atoms with Gasteiger partial charge in [0, 0.05) is 6.07 Å². The molecular weight excluding hydrogens is 360 g/mol. The summed E-state index contributed by atoms with van der Waals surface area (Å²) in [5.74, 6) is 1.44. The molecule has 0 unspecified atom stereocenters. The van der Waals surface area contributed by atoms with Gasteiger partial charge in [0.25, 0.3) is 0 Å². The molecule has 0 saturated carbocycles. The summed E-state index contributed by atoms with van der Waals surface area (Å²) in [5, 5.41) is 0. The molecule has 1 aliphatic heterocycles. The van der Waals surface area contributed by atoms with E-state index in [0.717, 1.165) is 16.7 Å². The van der Waals surface area contributed by atoms with Crippen molar-refractivity contribution in [2.45, 2.75) is 13.8 Å². The summed E-state index contributed by atoms with van der Waals surface area (Å²) in [6.07, 6.45) is 3.78. The Balaban J connectivity index is 1.51. The van der Waals surface area contributed by atoms with Crippen LogP contribution in [0.2, 0.25) is 0 Å². The number of carbonyl (C=O) groups excluding carboxylic acids is 1. The predicted molar refractivity (Wildman–Crippen MR) is 116 cm³/mol. The summed E-state index contributed by atoms with van der Waals surface area (Å²) in [6.45, 7) is 4.54. The standard InChI is InChI=1S/C26H22O3/c1-18(2)14-15-28-22-12-13-23-24(17-22)29-25(26(23)27)16-19-8-10-21(11-9-19)20-6-4-3-5-7-20/h3-14,16-17H,15H2,1-2H3. The molecule has 0 bridgehead atoms. The van der Waals surface area contributed by atoms with Crippen LogP contribution in [0.25, 0.3) is 17.2 Å². The van der Waals surface area contributed by atoms with Gasteiger partial charge in [-0.1, -0.05) is 60.2 Å². The number of carbonyl (C=O) groups is 1. The van der Waals surface area contributed by atoms with E-state index in [4.69, 9.17) is 9.47 Å². The number of allylic oxidation sites excluding steroid dienone is 2. The lowest BCUT2D eigenvalue weighted by atomic mass is 10.0. The Morgan fingerprint density at radius 3 is 2.38 bits per heavy atom. The summed E-state index contributed by atoms with van der Waals surface area (Å²) in [7, 11) is 0. The van der Waals surface area contributed by atoms with E-state index < -0.39 is 0 Å². The van der Waals surface area contributed by atoms with Gasteiger partial charge in [-0.15, -0.1) is 0 Å². The van der Waals surface area contributed by atoms with Crippen LogP contribution in [0, 0.1) is 0 Å². The maximum absolute atomic E-state index is 12.7. The highest BCUT2D eigenvalue weighted by molar-refractivity contribution is 6.14. The summed E-state index contributed by atoms with van der Waals surface area (Å²) in [5.41, 5.74) is 4.97. The van der Waals surface area contributed by atoms with E-state index in [0.29, 0.717) is 29.4 Å². The van der Waals surface area contributed by atoms with Gasteiger partial charge in [0.2, 0.25) is 5.78 Å². The average Bonchev–Trinajstić information content (AvgIpc) is 3.04. The lowest BCUT2D eigenvalue weighted by Crippen LogP contribution is -1.98. The van der Waals surface area contributed by atoms with Crippen LogP contribution in [-0.2, 0) is 0 Å². The van der Waals surface area contributed by atoms with E-state index >= 15 is 0 Å². The van der Waals surface area contributed by atoms with Gasteiger partial charge in [-0.05, 0) is 54.8 Å². The number of benzene rings is 3. The molecule has 3 heteroatoms. The summed E-state index contributed by atoms with van der Waals surface area (Å²) >= 11 is 0. The first-order valence-electron chi connectivity index (χ1n) is 9.60. The third-order valence-corrected chi connectivity index (χ3v) is 4.70. The molecule has 0 amide bonds. The minimum atomic E-state index is -0.108. The number of fused-ring (bicyclic) bond motifs is 1. The predicted octanol–water partition coefficient (Wildman–Crippen LogP) is 6.31. The molecule has 0 aromatic heterocycles. The van der Waals surface area contributed by atoms with Crippen molar-refractivity contribution in [2.75, 3.05) is 6.61 Å². The van der Waals surface area contributed by atoms with Crippen molar-refractivity contribution in [2.24, 2.45) is 0 Å². The SMILES string of the molecule is CC(C)=CCOc1ccc2c(c1)OC(=Cc1ccc(-c3ccccc3)cc1)C2=O. The Kier molecular flexibility index (Phi) is 5.30. The Morgan fingerprint density at radius 1 is 0.931 bits per heavy atom. The highest BCUT2D eigenvalue weighted by Gasteiger charge is 2.27. The number of ether oxygens (including phenoxy) is 2. The first-order chi connectivity index (χ1) is 14.1. The van der Waals surface area contributed by atoms with Gasteiger partial charge in [-0.25, -0.2) is 0 Å². The largest absolute Gasteiger partial charge is 0.489 e. The lowest BCUT2D eigenvalue weighted by Gasteiger charge is -2.05. The molecule has 144 valence electrons. The monoisotopic (exact) mass is 382 g/mol. The van der Waals surface area contributed by atoms with Gasteiger partial charge in [0.1, 0.15) is 18.1 Å².